The lowest BCUT2D eigenvalue weighted by Crippen LogP contribution is -2.39. The van der Waals surface area contributed by atoms with Gasteiger partial charge in [0.2, 0.25) is 5.91 Å². The quantitative estimate of drug-likeness (QED) is 0.631. The van der Waals surface area contributed by atoms with Gasteiger partial charge in [-0.15, -0.1) is 0 Å². The lowest BCUT2D eigenvalue weighted by molar-refractivity contribution is -0.127. The molecule has 0 bridgehead atoms. The number of hydrogen-bond acceptors (Lipinski definition) is 5. The molecule has 0 spiro atoms. The van der Waals surface area contributed by atoms with Gasteiger partial charge in [0.15, 0.2) is 0 Å². The van der Waals surface area contributed by atoms with Gasteiger partial charge in [-0.3, -0.25) is 14.5 Å². The Morgan fingerprint density at radius 2 is 1.87 bits per heavy atom. The summed E-state index contributed by atoms with van der Waals surface area (Å²) in [6.07, 6.45) is 1.22. The predicted molar refractivity (Wildman–Crippen MR) is 114 cm³/mol. The van der Waals surface area contributed by atoms with E-state index in [1.54, 1.807) is 11.8 Å². The zero-order chi connectivity index (χ0) is 21.1. The van der Waals surface area contributed by atoms with Gasteiger partial charge in [0.1, 0.15) is 11.6 Å². The van der Waals surface area contributed by atoms with Crippen LogP contribution in [0.5, 0.6) is 0 Å². The summed E-state index contributed by atoms with van der Waals surface area (Å²) in [6.45, 7) is 5.21. The maximum absolute atomic E-state index is 12.8. The maximum atomic E-state index is 12.8. The number of hydrogen-bond donors (Lipinski definition) is 0. The summed E-state index contributed by atoms with van der Waals surface area (Å²) in [7, 11) is 0. The first-order chi connectivity index (χ1) is 14.5. The molecule has 0 N–H and O–H groups in total. The molecule has 1 atom stereocenters. The Morgan fingerprint density at radius 1 is 1.07 bits per heavy atom. The molecule has 2 aromatic heterocycles. The molecular formula is C23H25N5O2. The Hall–Kier alpha value is -3.35. The number of aromatic nitrogens is 4. The van der Waals surface area contributed by atoms with Crippen LogP contribution in [0.3, 0.4) is 0 Å². The van der Waals surface area contributed by atoms with Crippen LogP contribution in [-0.4, -0.2) is 38.2 Å². The van der Waals surface area contributed by atoms with Crippen molar-refractivity contribution >= 4 is 17.5 Å². The van der Waals surface area contributed by atoms with Gasteiger partial charge in [-0.25, -0.2) is 4.68 Å². The van der Waals surface area contributed by atoms with Crippen LogP contribution >= 0.6 is 0 Å². The number of benzene rings is 1. The summed E-state index contributed by atoms with van der Waals surface area (Å²) >= 11 is 0. The number of aryl methyl sites for hydroxylation is 2. The molecule has 0 fully saturated rings. The number of Topliss-reactive ketones (excluding diaryl/α,β-unsaturated/α-hetero) is 1. The number of nitrogens with zero attached hydrogens (tertiary/aromatic N) is 5. The van der Waals surface area contributed by atoms with E-state index in [4.69, 9.17) is 0 Å². The summed E-state index contributed by atoms with van der Waals surface area (Å²) in [5, 5.41) is 12.9. The van der Waals surface area contributed by atoms with Gasteiger partial charge in [-0.05, 0) is 25.5 Å². The Balaban J connectivity index is 1.37. The van der Waals surface area contributed by atoms with E-state index in [-0.39, 0.29) is 30.4 Å². The van der Waals surface area contributed by atoms with Crippen LogP contribution in [-0.2, 0) is 22.6 Å². The summed E-state index contributed by atoms with van der Waals surface area (Å²) in [6, 6.07) is 15.4. The second-order valence-electron chi connectivity index (χ2n) is 7.79. The topological polar surface area (TPSA) is 81.0 Å². The lowest BCUT2D eigenvalue weighted by atomic mass is 9.97. The van der Waals surface area contributed by atoms with Gasteiger partial charge in [-0.2, -0.15) is 15.3 Å². The highest BCUT2D eigenvalue weighted by atomic mass is 16.2. The van der Waals surface area contributed by atoms with Crippen LogP contribution in [0.15, 0.2) is 48.5 Å². The molecule has 0 saturated carbocycles. The third kappa shape index (κ3) is 4.30. The predicted octanol–water partition coefficient (Wildman–Crippen LogP) is 3.22. The summed E-state index contributed by atoms with van der Waals surface area (Å²) in [4.78, 5) is 27.3. The maximum Gasteiger partial charge on any atom is 0.228 e. The molecule has 0 saturated heterocycles. The molecular weight excluding hydrogens is 378 g/mol. The second kappa shape index (κ2) is 8.57. The zero-order valence-electron chi connectivity index (χ0n) is 17.3. The third-order valence-electron chi connectivity index (χ3n) is 5.39. The molecule has 1 aromatic carbocycles. The smallest absolute Gasteiger partial charge is 0.228 e. The largest absolute Gasteiger partial charge is 0.299 e. The molecule has 0 radical (unpaired) electrons. The van der Waals surface area contributed by atoms with E-state index in [1.165, 1.54) is 0 Å². The SMILES string of the molecule is Cc1cc2n(n1)CCCN2C(=O)CC(C)C(=O)Cc1ccc(-c2ccccc2)nn1. The van der Waals surface area contributed by atoms with Gasteiger partial charge in [0.25, 0.3) is 0 Å². The number of amides is 1. The standard InChI is InChI=1S/C23H25N5O2/c1-16(13-23(30)27-11-6-12-28-22(27)14-17(2)26-28)21(29)15-19-9-10-20(25-24-19)18-7-4-3-5-8-18/h3-5,7-10,14,16H,6,11-13,15H2,1-2H3. The molecule has 154 valence electrons. The number of carbonyl (C=O) groups excluding carboxylic acids is 2. The van der Waals surface area contributed by atoms with Gasteiger partial charge in [0, 0.05) is 37.1 Å². The molecule has 3 heterocycles. The van der Waals surface area contributed by atoms with Gasteiger partial charge in [0.05, 0.1) is 23.5 Å². The molecule has 7 heteroatoms. The van der Waals surface area contributed by atoms with Gasteiger partial charge < -0.3 is 0 Å². The Bertz CT molecular complexity index is 1040. The molecule has 30 heavy (non-hydrogen) atoms. The van der Waals surface area contributed by atoms with Crippen molar-refractivity contribution in [2.24, 2.45) is 5.92 Å². The number of ketones is 1. The first kappa shape index (κ1) is 19.9. The van der Waals surface area contributed by atoms with Crippen LogP contribution < -0.4 is 4.90 Å². The third-order valence-corrected chi connectivity index (χ3v) is 5.39. The van der Waals surface area contributed by atoms with Crippen molar-refractivity contribution in [2.75, 3.05) is 11.4 Å². The lowest BCUT2D eigenvalue weighted by Gasteiger charge is -2.28. The number of rotatable bonds is 6. The van der Waals surface area contributed by atoms with E-state index in [9.17, 15) is 9.59 Å². The van der Waals surface area contributed by atoms with Crippen molar-refractivity contribution in [3.63, 3.8) is 0 Å². The zero-order valence-corrected chi connectivity index (χ0v) is 17.3. The minimum absolute atomic E-state index is 0.00758. The van der Waals surface area contributed by atoms with Crippen LogP contribution in [0.25, 0.3) is 11.3 Å². The average Bonchev–Trinajstić information content (AvgIpc) is 3.15. The minimum atomic E-state index is -0.382. The van der Waals surface area contributed by atoms with Crippen molar-refractivity contribution in [2.45, 2.75) is 39.7 Å². The van der Waals surface area contributed by atoms with Crippen molar-refractivity contribution in [3.8, 4) is 11.3 Å². The Labute approximate surface area is 175 Å². The van der Waals surface area contributed by atoms with Crippen LogP contribution in [0.4, 0.5) is 5.82 Å². The second-order valence-corrected chi connectivity index (χ2v) is 7.79. The first-order valence-corrected chi connectivity index (χ1v) is 10.3. The van der Waals surface area contributed by atoms with E-state index >= 15 is 0 Å². The van der Waals surface area contributed by atoms with E-state index < -0.39 is 0 Å². The number of fused-ring (bicyclic) bond motifs is 1. The monoisotopic (exact) mass is 403 g/mol. The fourth-order valence-corrected chi connectivity index (χ4v) is 3.71. The highest BCUT2D eigenvalue weighted by Crippen LogP contribution is 2.23. The van der Waals surface area contributed by atoms with Gasteiger partial charge in [-0.1, -0.05) is 37.3 Å². The minimum Gasteiger partial charge on any atom is -0.299 e. The Kier molecular flexibility index (Phi) is 5.70. The highest BCUT2D eigenvalue weighted by Gasteiger charge is 2.27. The summed E-state index contributed by atoms with van der Waals surface area (Å²) in [5.74, 6) is 0.396. The van der Waals surface area contributed by atoms with E-state index in [0.29, 0.717) is 12.2 Å². The molecule has 1 aliphatic heterocycles. The van der Waals surface area contributed by atoms with Crippen molar-refractivity contribution in [1.29, 1.82) is 0 Å². The summed E-state index contributed by atoms with van der Waals surface area (Å²) in [5.41, 5.74) is 3.27. The molecule has 1 aliphatic rings. The fraction of sp³-hybridized carbons (Fsp3) is 0.348. The molecule has 7 nitrogen and oxygen atoms in total. The normalized spacial score (nSPS) is 14.3. The van der Waals surface area contributed by atoms with Crippen molar-refractivity contribution in [1.82, 2.24) is 20.0 Å². The first-order valence-electron chi connectivity index (χ1n) is 10.3. The van der Waals surface area contributed by atoms with Crippen LogP contribution in [0, 0.1) is 12.8 Å². The van der Waals surface area contributed by atoms with E-state index in [0.717, 1.165) is 35.7 Å². The summed E-state index contributed by atoms with van der Waals surface area (Å²) < 4.78 is 1.87. The van der Waals surface area contributed by atoms with Crippen molar-refractivity contribution in [3.05, 3.63) is 59.9 Å². The molecule has 0 aliphatic carbocycles. The van der Waals surface area contributed by atoms with Crippen LogP contribution in [0.1, 0.15) is 31.2 Å². The average molecular weight is 403 g/mol. The molecule has 1 amide bonds. The van der Waals surface area contributed by atoms with Crippen molar-refractivity contribution < 1.29 is 9.59 Å². The highest BCUT2D eigenvalue weighted by molar-refractivity contribution is 5.96. The number of carbonyl (C=O) groups is 2. The molecule has 4 rings (SSSR count). The van der Waals surface area contributed by atoms with Gasteiger partial charge >= 0.3 is 0 Å². The Morgan fingerprint density at radius 3 is 2.60 bits per heavy atom. The molecule has 3 aromatic rings. The number of anilines is 1. The van der Waals surface area contributed by atoms with E-state index in [2.05, 4.69) is 15.3 Å². The van der Waals surface area contributed by atoms with E-state index in [1.807, 2.05) is 60.1 Å². The molecule has 1 unspecified atom stereocenters. The fourth-order valence-electron chi connectivity index (χ4n) is 3.71. The van der Waals surface area contributed by atoms with Crippen LogP contribution in [0.2, 0.25) is 0 Å².